The number of halogens is 2. The average Bonchev–Trinajstić information content (AvgIpc) is 4.47. The minimum absolute atomic E-state index is 0.00216. The van der Waals surface area contributed by atoms with Crippen molar-refractivity contribution in [1.29, 1.82) is 0 Å². The molecule has 5 fully saturated rings. The maximum absolute atomic E-state index is 17.2. The number of β-amino-alcohol motifs (C(OH)–C–C–N with tert-alkyl or cyclic N) is 1. The molecule has 17 nitrogen and oxygen atoms in total. The van der Waals surface area contributed by atoms with Gasteiger partial charge >= 0.3 is 6.01 Å². The topological polar surface area (TPSA) is 216 Å². The first-order valence-corrected chi connectivity index (χ1v) is 29.2. The van der Waals surface area contributed by atoms with E-state index in [1.807, 2.05) is 63.5 Å². The lowest BCUT2D eigenvalue weighted by Crippen LogP contribution is -2.51. The molecule has 9 unspecified atom stereocenters. The number of phenolic OH excluding ortho intramolecular Hbond substituents is 1. The van der Waals surface area contributed by atoms with Crippen LogP contribution in [0.15, 0.2) is 70.8 Å². The number of ketones is 1. The van der Waals surface area contributed by atoms with Crippen molar-refractivity contribution in [2.24, 2.45) is 17.8 Å². The molecular formula is C61H67F2N11O6S. The number of hydrogen-bond acceptors (Lipinski definition) is 17. The Balaban J connectivity index is 0.694. The van der Waals surface area contributed by atoms with Gasteiger partial charge in [-0.3, -0.25) is 14.6 Å². The van der Waals surface area contributed by atoms with Crippen molar-refractivity contribution in [2.45, 2.75) is 121 Å². The van der Waals surface area contributed by atoms with E-state index in [9.17, 15) is 19.8 Å². The number of terminal acetylenes is 1. The summed E-state index contributed by atoms with van der Waals surface area (Å²) in [4.78, 5) is 52.5. The van der Waals surface area contributed by atoms with Crippen molar-refractivity contribution in [3.8, 4) is 45.8 Å². The Morgan fingerprint density at radius 3 is 2.54 bits per heavy atom. The number of ether oxygens (including phenoxy) is 1. The van der Waals surface area contributed by atoms with Crippen LogP contribution in [0.4, 0.5) is 20.4 Å². The molecule has 2 bridgehead atoms. The summed E-state index contributed by atoms with van der Waals surface area (Å²) in [6, 6.07) is 15.1. The Morgan fingerprint density at radius 2 is 1.81 bits per heavy atom. The summed E-state index contributed by atoms with van der Waals surface area (Å²) in [5.41, 5.74) is 4.71. The van der Waals surface area contributed by atoms with Gasteiger partial charge in [-0.05, 0) is 112 Å². The van der Waals surface area contributed by atoms with E-state index < -0.39 is 35.6 Å². The maximum atomic E-state index is 17.2. The number of hydrogen-bond donors (Lipinski definition) is 6. The van der Waals surface area contributed by atoms with E-state index in [0.29, 0.717) is 53.6 Å². The third-order valence-electron chi connectivity index (χ3n) is 17.5. The zero-order chi connectivity index (χ0) is 56.2. The quantitative estimate of drug-likeness (QED) is 0.0475. The predicted octanol–water partition coefficient (Wildman–Crippen LogP) is 8.11. The fourth-order valence-corrected chi connectivity index (χ4v) is 14.0. The number of piperidine rings is 1. The van der Waals surface area contributed by atoms with Crippen LogP contribution in [-0.2, 0) is 9.59 Å². The van der Waals surface area contributed by atoms with E-state index in [0.717, 1.165) is 73.3 Å². The fraction of sp³-hybridized carbons (Fsp3) is 0.459. The van der Waals surface area contributed by atoms with Gasteiger partial charge in [0.1, 0.15) is 34.4 Å². The van der Waals surface area contributed by atoms with Gasteiger partial charge in [0.25, 0.3) is 0 Å². The molecular weight excluding hydrogens is 1050 g/mol. The van der Waals surface area contributed by atoms with Gasteiger partial charge in [-0.25, -0.2) is 13.8 Å². The number of rotatable bonds is 17. The number of pyridine rings is 1. The number of phenols is 1. The number of aromatic nitrogens is 5. The molecule has 3 aromatic carbocycles. The maximum Gasteiger partial charge on any atom is 0.319 e. The standard InChI is InChI=1S/C61H67F2N11O6S/c1-6-43-46(62)14-11-37-23-42(75)24-44(51(37)43)54-53(63)55-45(26-65-54)59(73-28-39-12-13-40(29-73)69-39)71-61(70-55)79-20-17-38-21-34(15-18-64-38)22-41-16-19-74(41)49-25-48(80-72-49)50(31(2)3)57(77)52-47(76)27-66-56(52)60(78)68-32(4)35-7-9-36(10-8-35)58-33(5)67-30-81-58/h1,7-11,14,23-26,30-32,34,38-41,47,50,52,56,64,66,69,75-76H,12-13,15-22,27-29H2,2-5H3,(H,68,78)/t32-,34?,38?,39?,40?,41?,47?,50?,52?,56?/m0/s1. The van der Waals surface area contributed by atoms with Crippen LogP contribution in [0.1, 0.15) is 100 Å². The SMILES string of the molecule is C#Cc1c(F)ccc2cc(O)cc(-c3ncc4c(N5CC6CCC(C5)N6)nc(OCCC5CC(CC6CCN6c6cc(C(C(=O)C7C(O)CNC7C(=O)N[C@@H](C)c7ccc(-c8scnc8C)cc7)C(C)C)on6)CCN5)nc4c3F)c12. The normalized spacial score (nSPS) is 24.3. The smallest absolute Gasteiger partial charge is 0.319 e. The van der Waals surface area contributed by atoms with Crippen LogP contribution >= 0.6 is 11.3 Å². The first-order valence-electron chi connectivity index (χ1n) is 28.3. The molecule has 0 radical (unpaired) electrons. The first-order chi connectivity index (χ1) is 39.2. The number of aliphatic hydroxyl groups excluding tert-OH is 1. The highest BCUT2D eigenvalue weighted by atomic mass is 32.1. The summed E-state index contributed by atoms with van der Waals surface area (Å²) in [5, 5.41) is 41.1. The van der Waals surface area contributed by atoms with E-state index in [-0.39, 0.29) is 100 Å². The molecule has 0 saturated carbocycles. The number of nitrogens with one attached hydrogen (secondary N) is 4. The number of Topliss-reactive ketones (excluding diaryl/α,β-unsaturated/α-hetero) is 1. The molecule has 0 aliphatic carbocycles. The van der Waals surface area contributed by atoms with Crippen LogP contribution < -0.4 is 35.8 Å². The van der Waals surface area contributed by atoms with Crippen molar-refractivity contribution >= 4 is 56.3 Å². The lowest BCUT2D eigenvalue weighted by molar-refractivity contribution is -0.134. The Bertz CT molecular complexity index is 3540. The highest BCUT2D eigenvalue weighted by molar-refractivity contribution is 7.13. The molecule has 20 heteroatoms. The number of aromatic hydroxyl groups is 1. The van der Waals surface area contributed by atoms with Crippen molar-refractivity contribution in [1.82, 2.24) is 46.4 Å². The molecule has 0 spiro atoms. The molecule has 422 valence electrons. The van der Waals surface area contributed by atoms with E-state index in [1.54, 1.807) is 11.3 Å². The first kappa shape index (κ1) is 54.4. The number of anilines is 2. The average molecular weight is 1120 g/mol. The minimum atomic E-state index is -1.05. The third kappa shape index (κ3) is 10.7. The van der Waals surface area contributed by atoms with Crippen LogP contribution in [0.2, 0.25) is 0 Å². The van der Waals surface area contributed by atoms with Gasteiger partial charge in [0.05, 0.1) is 63.7 Å². The third-order valence-corrected chi connectivity index (χ3v) is 18.4. The Labute approximate surface area is 472 Å². The number of benzene rings is 3. The fourth-order valence-electron chi connectivity index (χ4n) is 13.2. The molecule has 10 atom stereocenters. The molecule has 7 aromatic rings. The molecule has 5 aliphatic heterocycles. The number of amides is 1. The molecule has 5 saturated heterocycles. The lowest BCUT2D eigenvalue weighted by atomic mass is 9.79. The predicted molar refractivity (Wildman–Crippen MR) is 306 cm³/mol. The van der Waals surface area contributed by atoms with Crippen molar-refractivity contribution in [3.05, 3.63) is 101 Å². The molecule has 9 heterocycles. The number of thiazole rings is 1. The second-order valence-electron chi connectivity index (χ2n) is 23.1. The van der Waals surface area contributed by atoms with Gasteiger partial charge < -0.3 is 50.5 Å². The van der Waals surface area contributed by atoms with Crippen LogP contribution in [0.25, 0.3) is 43.4 Å². The number of carbonyl (C=O) groups excluding carboxylic acids is 2. The van der Waals surface area contributed by atoms with Gasteiger partial charge in [-0.2, -0.15) is 9.97 Å². The zero-order valence-electron chi connectivity index (χ0n) is 45.8. The Hall–Kier alpha value is -7.15. The van der Waals surface area contributed by atoms with E-state index in [4.69, 9.17) is 20.7 Å². The van der Waals surface area contributed by atoms with Gasteiger partial charge in [-0.1, -0.05) is 55.3 Å². The summed E-state index contributed by atoms with van der Waals surface area (Å²) in [7, 11) is 0. The number of nitrogens with zero attached hydrogens (tertiary/aromatic N) is 7. The highest BCUT2D eigenvalue weighted by Crippen LogP contribution is 2.41. The zero-order valence-corrected chi connectivity index (χ0v) is 46.6. The summed E-state index contributed by atoms with van der Waals surface area (Å²) >= 11 is 1.58. The molecule has 12 rings (SSSR count). The number of carbonyl (C=O) groups is 2. The molecule has 81 heavy (non-hydrogen) atoms. The van der Waals surface area contributed by atoms with Crippen LogP contribution in [-0.4, -0.2) is 123 Å². The summed E-state index contributed by atoms with van der Waals surface area (Å²) < 4.78 is 44.6. The van der Waals surface area contributed by atoms with Gasteiger partial charge in [0, 0.05) is 73.6 Å². The van der Waals surface area contributed by atoms with E-state index >= 15 is 8.78 Å². The molecule has 4 aromatic heterocycles. The number of aliphatic hydroxyl groups is 1. The Morgan fingerprint density at radius 1 is 1.01 bits per heavy atom. The summed E-state index contributed by atoms with van der Waals surface area (Å²) in [6.07, 6.45) is 12.8. The molecule has 5 aliphatic rings. The van der Waals surface area contributed by atoms with E-state index in [2.05, 4.69) is 57.1 Å². The van der Waals surface area contributed by atoms with Crippen LogP contribution in [0.5, 0.6) is 11.8 Å². The van der Waals surface area contributed by atoms with Crippen molar-refractivity contribution < 1.29 is 37.8 Å². The van der Waals surface area contributed by atoms with Crippen molar-refractivity contribution in [2.75, 3.05) is 49.1 Å². The number of aryl methyl sites for hydroxylation is 1. The van der Waals surface area contributed by atoms with Gasteiger partial charge in [0.2, 0.25) is 5.91 Å². The lowest BCUT2D eigenvalue weighted by Gasteiger charge is -2.44. The van der Waals surface area contributed by atoms with Crippen LogP contribution in [0.3, 0.4) is 0 Å². The number of fused-ring (bicyclic) bond motifs is 4. The Kier molecular flexibility index (Phi) is 15.2. The largest absolute Gasteiger partial charge is 0.508 e. The van der Waals surface area contributed by atoms with Crippen LogP contribution in [0, 0.1) is 48.7 Å². The summed E-state index contributed by atoms with van der Waals surface area (Å²) in [6.45, 7) is 11.1. The summed E-state index contributed by atoms with van der Waals surface area (Å²) in [5.74, 6) is 0.346. The second kappa shape index (κ2) is 22.7. The van der Waals surface area contributed by atoms with Gasteiger partial charge in [0.15, 0.2) is 17.4 Å². The second-order valence-corrected chi connectivity index (χ2v) is 23.9. The number of piperazine rings is 1. The van der Waals surface area contributed by atoms with Crippen molar-refractivity contribution in [3.63, 3.8) is 0 Å². The monoisotopic (exact) mass is 1120 g/mol. The van der Waals surface area contributed by atoms with E-state index in [1.165, 1.54) is 30.5 Å². The molecule has 6 N–H and O–H groups in total. The highest BCUT2D eigenvalue weighted by Gasteiger charge is 2.48. The van der Waals surface area contributed by atoms with Gasteiger partial charge in [-0.15, -0.1) is 17.8 Å². The minimum Gasteiger partial charge on any atom is -0.508 e. The molecule has 1 amide bonds.